The van der Waals surface area contributed by atoms with Crippen molar-refractivity contribution >= 4 is 34.6 Å². The molecule has 1 spiro atoms. The molecule has 0 bridgehead atoms. The van der Waals surface area contributed by atoms with Gasteiger partial charge in [0.05, 0.1) is 16.6 Å². The maximum Gasteiger partial charge on any atom is 0.492 e. The van der Waals surface area contributed by atoms with E-state index < -0.39 is 23.7 Å². The number of fused-ring (bicyclic) bond motifs is 11. The van der Waals surface area contributed by atoms with Crippen LogP contribution in [-0.4, -0.2) is 18.3 Å². The molecule has 4 aromatic carbocycles. The zero-order valence-electron chi connectivity index (χ0n) is 23.8. The topological polar surface area (TPSA) is 31.6 Å². The summed E-state index contributed by atoms with van der Waals surface area (Å²) in [5.41, 5.74) is 9.63. The molecule has 1 atom stereocenters. The molecular weight excluding hydrogens is 503 g/mol. The lowest BCUT2D eigenvalue weighted by molar-refractivity contribution is 0.00578. The van der Waals surface area contributed by atoms with Crippen molar-refractivity contribution in [2.45, 2.75) is 44.3 Å². The van der Waals surface area contributed by atoms with Crippen molar-refractivity contribution in [1.29, 1.82) is 0 Å². The van der Waals surface area contributed by atoms with E-state index in [4.69, 9.17) is 13.7 Å². The maximum absolute atomic E-state index is 6.88. The molecule has 1 fully saturated rings. The molecule has 4 heteroatoms. The van der Waals surface area contributed by atoms with Gasteiger partial charge in [-0.2, -0.15) is 0 Å². The Morgan fingerprint density at radius 1 is 0.683 bits per heavy atom. The molecule has 5 aromatic rings. The molecule has 0 saturated carbocycles. The van der Waals surface area contributed by atoms with E-state index in [9.17, 15) is 0 Å². The Morgan fingerprint density at radius 2 is 1.32 bits per heavy atom. The fourth-order valence-corrected chi connectivity index (χ4v) is 7.27. The quantitative estimate of drug-likeness (QED) is 0.171. The van der Waals surface area contributed by atoms with E-state index in [1.165, 1.54) is 27.8 Å². The molecule has 1 unspecified atom stereocenters. The van der Waals surface area contributed by atoms with Crippen molar-refractivity contribution in [2.75, 3.05) is 0 Å². The van der Waals surface area contributed by atoms with Gasteiger partial charge in [-0.3, -0.25) is 0 Å². The number of benzene rings is 4. The van der Waals surface area contributed by atoms with Crippen LogP contribution >= 0.6 is 0 Å². The van der Waals surface area contributed by atoms with Crippen LogP contribution in [-0.2, 0) is 14.7 Å². The summed E-state index contributed by atoms with van der Waals surface area (Å²) in [6, 6.07) is 30.4. The zero-order chi connectivity index (χ0) is 28.1. The molecule has 41 heavy (non-hydrogen) atoms. The van der Waals surface area contributed by atoms with Gasteiger partial charge in [-0.15, -0.1) is 0 Å². The molecule has 8 rings (SSSR count). The average molecular weight is 534 g/mol. The summed E-state index contributed by atoms with van der Waals surface area (Å²) in [6.07, 6.45) is 6.01. The van der Waals surface area contributed by atoms with Gasteiger partial charge in [-0.05, 0) is 72.6 Å². The van der Waals surface area contributed by atoms with Crippen LogP contribution in [0, 0.1) is 0 Å². The van der Waals surface area contributed by atoms with E-state index in [1.54, 1.807) is 0 Å². The average Bonchev–Trinajstić information content (AvgIpc) is 3.64. The molecule has 0 N–H and O–H groups in total. The molecule has 1 aromatic heterocycles. The molecule has 3 aliphatic rings. The van der Waals surface area contributed by atoms with Crippen molar-refractivity contribution in [3.8, 4) is 11.1 Å². The number of rotatable bonds is 3. The molecular formula is C37H31BO3. The van der Waals surface area contributed by atoms with Crippen LogP contribution in [0.1, 0.15) is 49.9 Å². The van der Waals surface area contributed by atoms with Gasteiger partial charge in [0.2, 0.25) is 0 Å². The summed E-state index contributed by atoms with van der Waals surface area (Å²) in [5.74, 6) is 0. The van der Waals surface area contributed by atoms with E-state index in [-0.39, 0.29) is 0 Å². The Labute approximate surface area is 240 Å². The van der Waals surface area contributed by atoms with E-state index >= 15 is 0 Å². The van der Waals surface area contributed by atoms with Gasteiger partial charge in [-0.1, -0.05) is 104 Å². The second-order valence-corrected chi connectivity index (χ2v) is 12.3. The van der Waals surface area contributed by atoms with Crippen LogP contribution in [0.3, 0.4) is 0 Å². The maximum atomic E-state index is 6.88. The Balaban J connectivity index is 1.54. The summed E-state index contributed by atoms with van der Waals surface area (Å²) in [4.78, 5) is 0. The molecule has 3 nitrogen and oxygen atoms in total. The molecule has 2 aliphatic carbocycles. The highest BCUT2D eigenvalue weighted by molar-refractivity contribution is 6.58. The fourth-order valence-electron chi connectivity index (χ4n) is 7.27. The van der Waals surface area contributed by atoms with Crippen molar-refractivity contribution in [3.63, 3.8) is 0 Å². The summed E-state index contributed by atoms with van der Waals surface area (Å²) in [6.45, 7) is 12.5. The third-order valence-corrected chi connectivity index (χ3v) is 9.75. The van der Waals surface area contributed by atoms with Crippen molar-refractivity contribution < 1.29 is 13.7 Å². The highest BCUT2D eigenvalue weighted by Crippen LogP contribution is 2.64. The number of allylic oxidation sites excluding steroid dienone is 5. The lowest BCUT2D eigenvalue weighted by Gasteiger charge is -2.33. The van der Waals surface area contributed by atoms with E-state index in [1.807, 2.05) is 18.2 Å². The van der Waals surface area contributed by atoms with Crippen LogP contribution in [0.4, 0.5) is 0 Å². The smallest absolute Gasteiger partial charge is 0.455 e. The molecule has 0 amide bonds. The predicted molar refractivity (Wildman–Crippen MR) is 168 cm³/mol. The summed E-state index contributed by atoms with van der Waals surface area (Å²) < 4.78 is 20.4. The Bertz CT molecular complexity index is 1970. The van der Waals surface area contributed by atoms with E-state index in [0.29, 0.717) is 0 Å². The first-order chi connectivity index (χ1) is 19.8. The summed E-state index contributed by atoms with van der Waals surface area (Å²) in [7, 11) is -0.553. The van der Waals surface area contributed by atoms with E-state index in [2.05, 4.69) is 119 Å². The minimum Gasteiger partial charge on any atom is -0.455 e. The number of para-hydroxylation sites is 1. The molecule has 0 radical (unpaired) electrons. The largest absolute Gasteiger partial charge is 0.492 e. The number of furan rings is 1. The third kappa shape index (κ3) is 3.02. The predicted octanol–water partition coefficient (Wildman–Crippen LogP) is 9.04. The third-order valence-electron chi connectivity index (χ3n) is 9.75. The highest BCUT2D eigenvalue weighted by atomic mass is 16.7. The Kier molecular flexibility index (Phi) is 4.95. The standard InChI is InChI=1S/C37H31BO3/c1-6-7-14-26-23-15-8-11-18-28(23)37(34(26)38-40-35(2,3)36(4,5)41-38)29-19-12-9-17-27(29)32-30(37)22-21-25-24-16-10-13-20-31(24)39-33(25)32/h6-22H,1H2,2-5H3/b14-7-. The van der Waals surface area contributed by atoms with Crippen LogP contribution in [0.5, 0.6) is 0 Å². The summed E-state index contributed by atoms with van der Waals surface area (Å²) >= 11 is 0. The molecule has 2 heterocycles. The minimum atomic E-state index is -0.613. The lowest BCUT2D eigenvalue weighted by Crippen LogP contribution is -2.41. The normalized spacial score (nSPS) is 21.8. The number of hydrogen-bond donors (Lipinski definition) is 0. The van der Waals surface area contributed by atoms with Gasteiger partial charge in [0, 0.05) is 16.3 Å². The first-order valence-corrected chi connectivity index (χ1v) is 14.3. The lowest BCUT2D eigenvalue weighted by atomic mass is 9.57. The van der Waals surface area contributed by atoms with Crippen molar-refractivity contribution in [1.82, 2.24) is 0 Å². The van der Waals surface area contributed by atoms with Gasteiger partial charge in [0.1, 0.15) is 11.2 Å². The van der Waals surface area contributed by atoms with Crippen molar-refractivity contribution in [3.05, 3.63) is 137 Å². The number of hydrogen-bond acceptors (Lipinski definition) is 3. The fraction of sp³-hybridized carbons (Fsp3) is 0.189. The van der Waals surface area contributed by atoms with E-state index in [0.717, 1.165) is 38.5 Å². The van der Waals surface area contributed by atoms with Gasteiger partial charge in [0.25, 0.3) is 0 Å². The van der Waals surface area contributed by atoms with Gasteiger partial charge in [0.15, 0.2) is 0 Å². The monoisotopic (exact) mass is 534 g/mol. The van der Waals surface area contributed by atoms with Gasteiger partial charge in [-0.25, -0.2) is 0 Å². The van der Waals surface area contributed by atoms with Crippen LogP contribution < -0.4 is 0 Å². The first-order valence-electron chi connectivity index (χ1n) is 14.3. The minimum absolute atomic E-state index is 0.489. The Morgan fingerprint density at radius 3 is 2.05 bits per heavy atom. The van der Waals surface area contributed by atoms with Crippen LogP contribution in [0.25, 0.3) is 38.6 Å². The highest BCUT2D eigenvalue weighted by Gasteiger charge is 2.62. The zero-order valence-corrected chi connectivity index (χ0v) is 23.8. The Hall–Kier alpha value is -4.12. The molecule has 200 valence electrons. The SMILES string of the molecule is C=C/C=C\C1=C(B2OC(C)(C)C(C)(C)O2)C2(c3ccccc31)c1ccccc1-c1c2ccc2c1oc1ccccc12. The van der Waals surface area contributed by atoms with Crippen molar-refractivity contribution in [2.24, 2.45) is 0 Å². The second kappa shape index (κ2) is 8.22. The van der Waals surface area contributed by atoms with Crippen LogP contribution in [0.2, 0.25) is 0 Å². The van der Waals surface area contributed by atoms with Gasteiger partial charge < -0.3 is 13.7 Å². The second-order valence-electron chi connectivity index (χ2n) is 12.3. The molecule has 1 aliphatic heterocycles. The van der Waals surface area contributed by atoms with Crippen LogP contribution in [0.15, 0.2) is 120 Å². The summed E-state index contributed by atoms with van der Waals surface area (Å²) in [5, 5.41) is 2.26. The molecule has 1 saturated heterocycles. The first kappa shape index (κ1) is 24.7. The van der Waals surface area contributed by atoms with Gasteiger partial charge >= 0.3 is 7.12 Å².